The molecule has 162 valence electrons. The topological polar surface area (TPSA) is 60.0 Å². The van der Waals surface area contributed by atoms with Gasteiger partial charge in [-0.2, -0.15) is 11.8 Å². The molecule has 0 radical (unpaired) electrons. The quantitative estimate of drug-likeness (QED) is 0.337. The summed E-state index contributed by atoms with van der Waals surface area (Å²) in [7, 11) is 1.87. The van der Waals surface area contributed by atoms with Gasteiger partial charge in [0.15, 0.2) is 5.96 Å². The molecule has 3 fully saturated rings. The lowest BCUT2D eigenvalue weighted by molar-refractivity contribution is -0.129. The van der Waals surface area contributed by atoms with E-state index < -0.39 is 0 Å². The maximum absolute atomic E-state index is 11.5. The summed E-state index contributed by atoms with van der Waals surface area (Å²) in [4.78, 5) is 20.7. The van der Waals surface area contributed by atoms with Gasteiger partial charge in [-0.1, -0.05) is 19.3 Å². The number of guanidine groups is 1. The smallest absolute Gasteiger partial charge is 0.219 e. The molecule has 0 unspecified atom stereocenters. The highest BCUT2D eigenvalue weighted by Crippen LogP contribution is 2.34. The lowest BCUT2D eigenvalue weighted by Crippen LogP contribution is -2.60. The first-order valence-corrected chi connectivity index (χ1v) is 11.8. The molecule has 0 atom stereocenters. The summed E-state index contributed by atoms with van der Waals surface area (Å²) in [5, 5.41) is 7.27. The van der Waals surface area contributed by atoms with Crippen LogP contribution in [0.1, 0.15) is 51.9 Å². The average Bonchev–Trinajstić information content (AvgIpc) is 2.72. The van der Waals surface area contributed by atoms with Crippen LogP contribution < -0.4 is 10.6 Å². The van der Waals surface area contributed by atoms with Gasteiger partial charge in [0.05, 0.1) is 0 Å². The molecule has 0 aromatic heterocycles. The van der Waals surface area contributed by atoms with Crippen LogP contribution in [0.15, 0.2) is 4.99 Å². The summed E-state index contributed by atoms with van der Waals surface area (Å²) in [5.74, 6) is 3.65. The van der Waals surface area contributed by atoms with E-state index in [1.165, 1.54) is 56.7 Å². The number of amides is 1. The summed E-state index contributed by atoms with van der Waals surface area (Å²) >= 11 is 2.09. The molecule has 0 spiro atoms. The number of carbonyl (C=O) groups is 1. The Kier molecular flexibility index (Phi) is 10.2. The van der Waals surface area contributed by atoms with Crippen LogP contribution in [0, 0.1) is 0 Å². The van der Waals surface area contributed by atoms with E-state index in [-0.39, 0.29) is 29.9 Å². The third kappa shape index (κ3) is 6.39. The van der Waals surface area contributed by atoms with Crippen molar-refractivity contribution in [1.82, 2.24) is 20.4 Å². The molecule has 2 saturated heterocycles. The fourth-order valence-electron chi connectivity index (χ4n) is 4.83. The van der Waals surface area contributed by atoms with Crippen LogP contribution in [0.4, 0.5) is 0 Å². The van der Waals surface area contributed by atoms with Gasteiger partial charge in [-0.15, -0.1) is 24.0 Å². The Hall–Kier alpha value is -0.220. The van der Waals surface area contributed by atoms with E-state index in [1.807, 2.05) is 11.9 Å². The predicted octanol–water partition coefficient (Wildman–Crippen LogP) is 2.53. The highest BCUT2D eigenvalue weighted by molar-refractivity contribution is 14.0. The number of hydrogen-bond acceptors (Lipinski definition) is 4. The minimum atomic E-state index is 0. The monoisotopic (exact) mass is 523 g/mol. The Morgan fingerprint density at radius 3 is 2.32 bits per heavy atom. The number of likely N-dealkylation sites (tertiary alicyclic amines) is 1. The van der Waals surface area contributed by atoms with Crippen LogP contribution in [-0.4, -0.2) is 84.5 Å². The Bertz CT molecular complexity index is 513. The number of hydrogen-bond donors (Lipinski definition) is 2. The third-order valence-corrected chi connectivity index (χ3v) is 7.50. The van der Waals surface area contributed by atoms with Crippen LogP contribution in [0.5, 0.6) is 0 Å². The highest BCUT2D eigenvalue weighted by Gasteiger charge is 2.38. The second-order valence-corrected chi connectivity index (χ2v) is 9.46. The number of nitrogens with one attached hydrogen (secondary N) is 2. The Morgan fingerprint density at radius 1 is 1.11 bits per heavy atom. The van der Waals surface area contributed by atoms with E-state index >= 15 is 0 Å². The third-order valence-electron chi connectivity index (χ3n) is 6.56. The second-order valence-electron chi connectivity index (χ2n) is 8.23. The standard InChI is InChI=1S/C20H37N5OS.HI/c1-17(26)24-10-6-18(7-11-24)23-19(21-2)22-16-20(8-4-3-5-9-20)25-12-14-27-15-13-25;/h18H,3-16H2,1-2H3,(H2,21,22,23);1H. The fraction of sp³-hybridized carbons (Fsp3) is 0.900. The number of aliphatic imine (C=N–C) groups is 1. The summed E-state index contributed by atoms with van der Waals surface area (Å²) in [5.41, 5.74) is 0.300. The lowest BCUT2D eigenvalue weighted by Gasteiger charge is -2.48. The maximum Gasteiger partial charge on any atom is 0.219 e. The van der Waals surface area contributed by atoms with Gasteiger partial charge in [-0.3, -0.25) is 14.7 Å². The molecule has 28 heavy (non-hydrogen) atoms. The molecule has 6 nitrogen and oxygen atoms in total. The molecule has 1 saturated carbocycles. The molecule has 8 heteroatoms. The van der Waals surface area contributed by atoms with Crippen LogP contribution in [0.2, 0.25) is 0 Å². The molecule has 2 heterocycles. The number of piperidine rings is 1. The molecule has 1 amide bonds. The summed E-state index contributed by atoms with van der Waals surface area (Å²) < 4.78 is 0. The second kappa shape index (κ2) is 11.8. The molecule has 2 aliphatic heterocycles. The van der Waals surface area contributed by atoms with E-state index in [4.69, 9.17) is 0 Å². The molecule has 1 aliphatic carbocycles. The lowest BCUT2D eigenvalue weighted by atomic mass is 9.80. The first kappa shape index (κ1) is 24.1. The molecular weight excluding hydrogens is 485 g/mol. The van der Waals surface area contributed by atoms with E-state index in [0.717, 1.165) is 38.4 Å². The molecule has 0 bridgehead atoms. The van der Waals surface area contributed by atoms with Crippen LogP contribution in [0.3, 0.4) is 0 Å². The van der Waals surface area contributed by atoms with Crippen molar-refractivity contribution in [3.05, 3.63) is 0 Å². The minimum absolute atomic E-state index is 0. The first-order valence-electron chi connectivity index (χ1n) is 10.7. The van der Waals surface area contributed by atoms with Gasteiger partial charge < -0.3 is 15.5 Å². The minimum Gasteiger partial charge on any atom is -0.355 e. The van der Waals surface area contributed by atoms with E-state index in [9.17, 15) is 4.79 Å². The largest absolute Gasteiger partial charge is 0.355 e. The van der Waals surface area contributed by atoms with Crippen molar-refractivity contribution in [1.29, 1.82) is 0 Å². The summed E-state index contributed by atoms with van der Waals surface area (Å²) in [6.45, 7) is 6.79. The number of thioether (sulfide) groups is 1. The Morgan fingerprint density at radius 2 is 1.75 bits per heavy atom. The van der Waals surface area contributed by atoms with Crippen molar-refractivity contribution in [3.63, 3.8) is 0 Å². The normalized spacial score (nSPS) is 24.4. The Balaban J connectivity index is 0.00000280. The van der Waals surface area contributed by atoms with Crippen molar-refractivity contribution in [2.24, 2.45) is 4.99 Å². The van der Waals surface area contributed by atoms with E-state index in [1.54, 1.807) is 6.92 Å². The van der Waals surface area contributed by atoms with Gasteiger partial charge in [0, 0.05) is 69.8 Å². The molecule has 0 aromatic rings. The van der Waals surface area contributed by atoms with Crippen molar-refractivity contribution in [2.75, 3.05) is 51.3 Å². The van der Waals surface area contributed by atoms with Crippen molar-refractivity contribution in [3.8, 4) is 0 Å². The van der Waals surface area contributed by atoms with Crippen molar-refractivity contribution >= 4 is 47.6 Å². The SMILES string of the molecule is CN=C(NCC1(N2CCSCC2)CCCCC1)NC1CCN(C(C)=O)CC1.I. The van der Waals surface area contributed by atoms with E-state index in [2.05, 4.69) is 32.3 Å². The van der Waals surface area contributed by atoms with Crippen LogP contribution in [0.25, 0.3) is 0 Å². The van der Waals surface area contributed by atoms with Gasteiger partial charge in [0.25, 0.3) is 0 Å². The first-order chi connectivity index (χ1) is 13.1. The maximum atomic E-state index is 11.5. The summed E-state index contributed by atoms with van der Waals surface area (Å²) in [6, 6.07) is 0.403. The van der Waals surface area contributed by atoms with Crippen molar-refractivity contribution in [2.45, 2.75) is 63.5 Å². The van der Waals surface area contributed by atoms with Gasteiger partial charge >= 0.3 is 0 Å². The molecule has 0 aromatic carbocycles. The molecule has 3 aliphatic rings. The van der Waals surface area contributed by atoms with E-state index in [0.29, 0.717) is 11.6 Å². The zero-order valence-corrected chi connectivity index (χ0v) is 20.7. The van der Waals surface area contributed by atoms with Gasteiger partial charge in [0.1, 0.15) is 0 Å². The zero-order valence-electron chi connectivity index (χ0n) is 17.5. The van der Waals surface area contributed by atoms with Gasteiger partial charge in [-0.05, 0) is 25.7 Å². The zero-order chi connectivity index (χ0) is 19.1. The molecule has 3 rings (SSSR count). The number of halogens is 1. The molecular formula is C20H38IN5OS. The van der Waals surface area contributed by atoms with Crippen LogP contribution in [-0.2, 0) is 4.79 Å². The summed E-state index contributed by atoms with van der Waals surface area (Å²) in [6.07, 6.45) is 8.68. The van der Waals surface area contributed by atoms with Crippen molar-refractivity contribution < 1.29 is 4.79 Å². The van der Waals surface area contributed by atoms with Gasteiger partial charge in [0.2, 0.25) is 5.91 Å². The highest BCUT2D eigenvalue weighted by atomic mass is 127. The fourth-order valence-corrected chi connectivity index (χ4v) is 5.73. The van der Waals surface area contributed by atoms with Gasteiger partial charge in [-0.25, -0.2) is 0 Å². The predicted molar refractivity (Wildman–Crippen MR) is 130 cm³/mol. The van der Waals surface area contributed by atoms with Crippen LogP contribution >= 0.6 is 35.7 Å². The Labute approximate surface area is 192 Å². The number of nitrogens with zero attached hydrogens (tertiary/aromatic N) is 3. The average molecular weight is 524 g/mol. The number of carbonyl (C=O) groups excluding carboxylic acids is 1. The molecule has 2 N–H and O–H groups in total. The number of rotatable bonds is 4.